The third kappa shape index (κ3) is 34.5. The number of benzene rings is 1. The van der Waals surface area contributed by atoms with Gasteiger partial charge in [0.15, 0.2) is 5.96 Å². The maximum Gasteiger partial charge on any atom is 0.326 e. The molecule has 0 unspecified atom stereocenters. The summed E-state index contributed by atoms with van der Waals surface area (Å²) >= 11 is 0. The number of carboxylic acids is 1. The molecule has 0 saturated heterocycles. The molecule has 0 aliphatic carbocycles. The van der Waals surface area contributed by atoms with Gasteiger partial charge in [0, 0.05) is 48.4 Å². The van der Waals surface area contributed by atoms with Gasteiger partial charge in [-0.2, -0.15) is 0 Å². The Morgan fingerprint density at radius 1 is 0.441 bits per heavy atom. The average Bonchev–Trinajstić information content (AvgIpc) is 1.81. The Labute approximate surface area is 653 Å². The van der Waals surface area contributed by atoms with E-state index in [2.05, 4.69) is 78.4 Å². The second-order valence-corrected chi connectivity index (χ2v) is 30.1. The van der Waals surface area contributed by atoms with Crippen LogP contribution in [0.3, 0.4) is 0 Å². The zero-order chi connectivity index (χ0) is 82.9. The van der Waals surface area contributed by atoms with Crippen LogP contribution in [0.4, 0.5) is 0 Å². The Morgan fingerprint density at radius 2 is 0.820 bits per heavy atom. The second-order valence-electron chi connectivity index (χ2n) is 30.1. The Kier molecular flexibility index (Phi) is 44.3. The number of nitrogens with zero attached hydrogens (tertiary/aromatic N) is 2. The number of carboxylic acid groups (broad SMARTS) is 1. The molecule has 0 saturated carbocycles. The van der Waals surface area contributed by atoms with Crippen LogP contribution in [0.2, 0.25) is 0 Å². The van der Waals surface area contributed by atoms with Crippen molar-refractivity contribution in [3.8, 4) is 0 Å². The lowest BCUT2D eigenvalue weighted by atomic mass is 9.93. The quantitative estimate of drug-likeness (QED) is 0.0198. The van der Waals surface area contributed by atoms with Crippen molar-refractivity contribution in [3.63, 3.8) is 0 Å². The predicted octanol–water partition coefficient (Wildman–Crippen LogP) is -0.169. The van der Waals surface area contributed by atoms with Gasteiger partial charge < -0.3 is 114 Å². The molecular formula is C76H132N22O13. The monoisotopic (exact) mass is 1560 g/mol. The molecule has 28 N–H and O–H groups in total. The number of nitrogens with one attached hydrogen (secondary N) is 13. The highest BCUT2D eigenvalue weighted by molar-refractivity contribution is 6.00. The summed E-state index contributed by atoms with van der Waals surface area (Å²) in [5.74, 6) is -11.7. The first-order valence-electron chi connectivity index (χ1n) is 39.4. The van der Waals surface area contributed by atoms with Crippen LogP contribution in [0.5, 0.6) is 0 Å². The van der Waals surface area contributed by atoms with E-state index in [1.807, 2.05) is 45.9 Å². The first kappa shape index (κ1) is 95.9. The molecule has 2 heterocycles. The minimum atomic E-state index is -1.45. The highest BCUT2D eigenvalue weighted by Gasteiger charge is 2.40. The van der Waals surface area contributed by atoms with Crippen LogP contribution in [0.25, 0.3) is 10.9 Å². The molecule has 111 heavy (non-hydrogen) atoms. The van der Waals surface area contributed by atoms with E-state index in [-0.39, 0.29) is 95.2 Å². The Balaban J connectivity index is 2.05. The number of fused-ring (bicyclic) bond motifs is 1. The topological polar surface area (TPSA) is 596 Å². The Hall–Kier alpha value is -9.32. The van der Waals surface area contributed by atoms with Crippen molar-refractivity contribution in [2.45, 2.75) is 270 Å². The zero-order valence-electron chi connectivity index (χ0n) is 66.8. The number of unbranched alkanes of at least 4 members (excludes halogenated alkanes) is 4. The lowest BCUT2D eigenvalue weighted by molar-refractivity contribution is -0.143. The smallest absolute Gasteiger partial charge is 0.326 e. The lowest BCUT2D eigenvalue weighted by Gasteiger charge is -2.32. The second kappa shape index (κ2) is 51.3. The molecule has 3 aromatic rings. The van der Waals surface area contributed by atoms with E-state index in [0.717, 1.165) is 10.9 Å². The number of carbonyl (C=O) groups excluding carboxylic acids is 11. The van der Waals surface area contributed by atoms with E-state index in [9.17, 15) is 48.3 Å². The molecule has 0 aliphatic heterocycles. The molecule has 35 heteroatoms. The largest absolute Gasteiger partial charge is 0.480 e. The molecule has 0 spiro atoms. The number of imidazole rings is 1. The predicted molar refractivity (Wildman–Crippen MR) is 425 cm³/mol. The third-order valence-electron chi connectivity index (χ3n) is 19.5. The SMILES string of the molecule is CC[C@H](C)[C@H](NC(=O)[C@H](CCCCN)NC(=O)[C@H](Cc1c[nH]c2ccccc12)NC(=O)[C@H](CCCCN)NC(=O)[C@H](CC(C)C)NC(=O)[C@H](Cc1cnc[nH]1)NC(=O)[C@H](CCCN=C(N)N)NC(=O)[C@@H](N)CCCCN)C(=O)N[C@H](C(=O)N[C@H](C(=O)N[C@@H](CCCCN)C(=O)N[C@@H](CC(C)C)C(=O)O)C(C)C)[C@@H](C)CC. The summed E-state index contributed by atoms with van der Waals surface area (Å²) in [4.78, 5) is 187. The summed E-state index contributed by atoms with van der Waals surface area (Å²) in [6.07, 6.45) is 9.42. The van der Waals surface area contributed by atoms with Crippen molar-refractivity contribution in [2.24, 2.45) is 74.7 Å². The van der Waals surface area contributed by atoms with E-state index < -0.39 is 161 Å². The van der Waals surface area contributed by atoms with Crippen molar-refractivity contribution >= 4 is 87.8 Å². The number of aliphatic carboxylic acids is 1. The summed E-state index contributed by atoms with van der Waals surface area (Å²) in [6.45, 7) is 19.0. The van der Waals surface area contributed by atoms with Crippen LogP contribution in [0, 0.1) is 29.6 Å². The Morgan fingerprint density at radius 3 is 1.27 bits per heavy atom. The van der Waals surface area contributed by atoms with Crippen molar-refractivity contribution in [1.82, 2.24) is 73.4 Å². The molecule has 1 aromatic carbocycles. The molecule has 2 aromatic heterocycles. The maximum atomic E-state index is 15.3. The van der Waals surface area contributed by atoms with Crippen molar-refractivity contribution in [2.75, 3.05) is 32.7 Å². The first-order chi connectivity index (χ1) is 52.7. The van der Waals surface area contributed by atoms with E-state index >= 15 is 14.4 Å². The number of hydrogen-bond donors (Lipinski definition) is 21. The molecule has 3 rings (SSSR count). The normalized spacial score (nSPS) is 15.3. The maximum absolute atomic E-state index is 15.3. The molecular weight excluding hydrogens is 1430 g/mol. The molecule has 35 nitrogen and oxygen atoms in total. The number of aromatic nitrogens is 3. The molecule has 14 atom stereocenters. The number of aromatic amines is 2. The third-order valence-corrected chi connectivity index (χ3v) is 19.5. The number of rotatable bonds is 56. The van der Waals surface area contributed by atoms with Gasteiger partial charge in [0.1, 0.15) is 66.5 Å². The van der Waals surface area contributed by atoms with Crippen molar-refractivity contribution in [1.29, 1.82) is 0 Å². The summed E-state index contributed by atoms with van der Waals surface area (Å²) < 4.78 is 0. The minimum absolute atomic E-state index is 0.00748. The number of guanidine groups is 1. The van der Waals surface area contributed by atoms with Crippen LogP contribution in [0.15, 0.2) is 48.0 Å². The fourth-order valence-electron chi connectivity index (χ4n) is 12.5. The highest BCUT2D eigenvalue weighted by atomic mass is 16.4. The number of hydrogen-bond acceptors (Lipinski definition) is 19. The number of nitrogens with two attached hydrogens (primary N) is 7. The van der Waals surface area contributed by atoms with Gasteiger partial charge >= 0.3 is 5.97 Å². The molecule has 0 fully saturated rings. The van der Waals surface area contributed by atoms with Gasteiger partial charge in [-0.1, -0.05) is 107 Å². The summed E-state index contributed by atoms with van der Waals surface area (Å²) in [7, 11) is 0. The zero-order valence-corrected chi connectivity index (χ0v) is 66.8. The Bertz CT molecular complexity index is 3420. The summed E-state index contributed by atoms with van der Waals surface area (Å²) in [5, 5.41) is 41.3. The average molecular weight is 1560 g/mol. The van der Waals surface area contributed by atoms with Crippen LogP contribution in [-0.4, -0.2) is 202 Å². The van der Waals surface area contributed by atoms with E-state index in [4.69, 9.17) is 40.1 Å². The fraction of sp³-hybridized carbons (Fsp3) is 0.684. The standard InChI is InChI=1S/C76H132N22O13/c1-11-46(9)62(74(109)98-63(47(10)12-2)73(108)96-61(45(7)8)72(107)91-54(28-17-21-33-79)67(102)95-60(75(110)111)37-44(5)6)97-68(103)55(29-18-22-34-80)90-70(105)58(38-48-40-86-52-26-14-13-24-50(48)52)93-65(100)53(27-16-20-32-78)89-69(104)57(36-43(3)4)92-71(106)59(39-49-41-84-42-87-49)94-66(101)56(30-23-35-85-76(82)83)88-64(99)51(81)25-15-19-31-77/h13-14,24,26,40-47,51,53-63,86H,11-12,15-23,25,27-39,77-81H2,1-10H3,(H,84,87)(H,88,99)(H,89,104)(H,90,105)(H,91,107)(H,92,106)(H,93,100)(H,94,101)(H,95,102)(H,96,108)(H,97,103)(H,98,109)(H,110,111)(H4,82,83,85)/t46-,47-,51-,53-,54-,55-,56-,57-,58-,59-,60-,61-,62-,63-/m0/s1. The van der Waals surface area contributed by atoms with Gasteiger partial charge in [-0.25, -0.2) is 9.78 Å². The van der Waals surface area contributed by atoms with E-state index in [1.165, 1.54) is 12.5 Å². The number of para-hydroxylation sites is 1. The van der Waals surface area contributed by atoms with E-state index in [1.54, 1.807) is 53.8 Å². The summed E-state index contributed by atoms with van der Waals surface area (Å²) in [5.41, 5.74) is 42.4. The number of carbonyl (C=O) groups is 12. The molecule has 0 radical (unpaired) electrons. The van der Waals surface area contributed by atoms with Crippen LogP contribution >= 0.6 is 0 Å². The number of aliphatic imine (C=N–C) groups is 1. The highest BCUT2D eigenvalue weighted by Crippen LogP contribution is 2.22. The molecule has 624 valence electrons. The molecule has 0 aliphatic rings. The lowest BCUT2D eigenvalue weighted by Crippen LogP contribution is -2.62. The van der Waals surface area contributed by atoms with Crippen LogP contribution in [0.1, 0.15) is 196 Å². The summed E-state index contributed by atoms with van der Waals surface area (Å²) in [6, 6.07) is -8.02. The van der Waals surface area contributed by atoms with Crippen LogP contribution in [-0.2, 0) is 70.4 Å². The van der Waals surface area contributed by atoms with Gasteiger partial charge in [-0.05, 0) is 164 Å². The van der Waals surface area contributed by atoms with Gasteiger partial charge in [-0.15, -0.1) is 0 Å². The van der Waals surface area contributed by atoms with Crippen molar-refractivity contribution in [3.05, 3.63) is 54.2 Å². The fourth-order valence-corrected chi connectivity index (χ4v) is 12.5. The van der Waals surface area contributed by atoms with Crippen LogP contribution < -0.4 is 98.6 Å². The number of amides is 11. The van der Waals surface area contributed by atoms with Gasteiger partial charge in [0.05, 0.1) is 12.4 Å². The molecule has 0 bridgehead atoms. The van der Waals surface area contributed by atoms with Gasteiger partial charge in [-0.3, -0.25) is 57.7 Å². The first-order valence-corrected chi connectivity index (χ1v) is 39.4. The molecule has 11 amide bonds. The van der Waals surface area contributed by atoms with Gasteiger partial charge in [0.25, 0.3) is 0 Å². The van der Waals surface area contributed by atoms with Gasteiger partial charge in [0.2, 0.25) is 65.0 Å². The van der Waals surface area contributed by atoms with E-state index in [0.29, 0.717) is 95.0 Å². The number of H-pyrrole nitrogens is 2. The van der Waals surface area contributed by atoms with Crippen molar-refractivity contribution < 1.29 is 62.6 Å². The minimum Gasteiger partial charge on any atom is -0.480 e.